The van der Waals surface area contributed by atoms with Gasteiger partial charge in [0.25, 0.3) is 0 Å². The number of piperidine rings is 1. The predicted molar refractivity (Wildman–Crippen MR) is 108 cm³/mol. The van der Waals surface area contributed by atoms with Gasteiger partial charge in [-0.2, -0.15) is 0 Å². The maximum Gasteiger partial charge on any atom is 0.234 e. The number of nitrogens with zero attached hydrogens (tertiary/aromatic N) is 2. The Labute approximate surface area is 167 Å². The van der Waals surface area contributed by atoms with Crippen molar-refractivity contribution in [2.75, 3.05) is 5.73 Å². The first kappa shape index (κ1) is 18.3. The van der Waals surface area contributed by atoms with E-state index in [9.17, 15) is 9.59 Å². The number of rotatable bonds is 4. The fraction of sp³-hybridized carbons (Fsp3) is 0.190. The molecule has 1 aliphatic rings. The van der Waals surface area contributed by atoms with E-state index < -0.39 is 5.92 Å². The molecule has 0 aliphatic carbocycles. The molecule has 0 spiro atoms. The van der Waals surface area contributed by atoms with Gasteiger partial charge in [-0.3, -0.25) is 14.9 Å². The number of hydrogen-bond acceptors (Lipinski definition) is 4. The second-order valence-corrected chi connectivity index (χ2v) is 7.20. The van der Waals surface area contributed by atoms with Gasteiger partial charge in [0.05, 0.1) is 17.5 Å². The predicted octanol–water partition coefficient (Wildman–Crippen LogP) is 3.35. The number of benzene rings is 2. The first-order valence-corrected chi connectivity index (χ1v) is 9.39. The fourth-order valence-electron chi connectivity index (χ4n) is 3.49. The summed E-state index contributed by atoms with van der Waals surface area (Å²) in [7, 11) is 0. The van der Waals surface area contributed by atoms with E-state index in [1.54, 1.807) is 6.20 Å². The van der Waals surface area contributed by atoms with Gasteiger partial charge < -0.3 is 10.3 Å². The SMILES string of the molecule is Nc1nccn1Cc1ccc(-c2cccc(C3CCC(=O)NC3=O)c2Cl)cc1. The lowest BCUT2D eigenvalue weighted by Crippen LogP contribution is -2.39. The Balaban J connectivity index is 1.60. The van der Waals surface area contributed by atoms with Crippen LogP contribution < -0.4 is 11.1 Å². The number of carbonyl (C=O) groups is 2. The molecule has 7 heteroatoms. The molecule has 2 heterocycles. The van der Waals surface area contributed by atoms with Gasteiger partial charge in [-0.1, -0.05) is 54.1 Å². The average molecular weight is 395 g/mol. The van der Waals surface area contributed by atoms with Crippen molar-refractivity contribution in [3.63, 3.8) is 0 Å². The van der Waals surface area contributed by atoms with Crippen molar-refractivity contribution < 1.29 is 9.59 Å². The van der Waals surface area contributed by atoms with Crippen molar-refractivity contribution in [2.45, 2.75) is 25.3 Å². The van der Waals surface area contributed by atoms with Crippen LogP contribution in [0.4, 0.5) is 5.95 Å². The molecule has 3 aromatic rings. The number of carbonyl (C=O) groups excluding carboxylic acids is 2. The third-order valence-electron chi connectivity index (χ3n) is 5.01. The zero-order valence-corrected chi connectivity index (χ0v) is 15.8. The summed E-state index contributed by atoms with van der Waals surface area (Å²) < 4.78 is 1.87. The summed E-state index contributed by atoms with van der Waals surface area (Å²) >= 11 is 6.66. The number of halogens is 1. The van der Waals surface area contributed by atoms with Crippen molar-refractivity contribution in [2.24, 2.45) is 0 Å². The Hall–Kier alpha value is -3.12. The summed E-state index contributed by atoms with van der Waals surface area (Å²) in [6, 6.07) is 13.7. The minimum absolute atomic E-state index is 0.234. The van der Waals surface area contributed by atoms with E-state index in [1.165, 1.54) is 0 Å². The quantitative estimate of drug-likeness (QED) is 0.664. The lowest BCUT2D eigenvalue weighted by molar-refractivity contribution is -0.134. The van der Waals surface area contributed by atoms with Crippen LogP contribution in [-0.2, 0) is 16.1 Å². The van der Waals surface area contributed by atoms with E-state index in [2.05, 4.69) is 10.3 Å². The maximum atomic E-state index is 12.2. The molecule has 4 rings (SSSR count). The minimum Gasteiger partial charge on any atom is -0.369 e. The van der Waals surface area contributed by atoms with E-state index >= 15 is 0 Å². The van der Waals surface area contributed by atoms with Gasteiger partial charge in [0, 0.05) is 24.4 Å². The number of imidazole rings is 1. The normalized spacial score (nSPS) is 16.8. The van der Waals surface area contributed by atoms with E-state index in [1.807, 2.05) is 53.2 Å². The second-order valence-electron chi connectivity index (χ2n) is 6.82. The second kappa shape index (κ2) is 7.48. The molecular formula is C21H19ClN4O2. The Morgan fingerprint density at radius 2 is 1.96 bits per heavy atom. The van der Waals surface area contributed by atoms with Gasteiger partial charge in [-0.05, 0) is 23.1 Å². The molecule has 0 radical (unpaired) electrons. The molecule has 1 aliphatic heterocycles. The summed E-state index contributed by atoms with van der Waals surface area (Å²) in [5, 5.41) is 2.94. The van der Waals surface area contributed by atoms with Crippen molar-refractivity contribution in [3.05, 3.63) is 71.0 Å². The summed E-state index contributed by atoms with van der Waals surface area (Å²) in [6.45, 7) is 0.635. The Morgan fingerprint density at radius 1 is 1.18 bits per heavy atom. The molecule has 142 valence electrons. The molecule has 28 heavy (non-hydrogen) atoms. The molecular weight excluding hydrogens is 376 g/mol. The molecule has 0 bridgehead atoms. The fourth-order valence-corrected chi connectivity index (χ4v) is 3.86. The van der Waals surface area contributed by atoms with Gasteiger partial charge >= 0.3 is 0 Å². The molecule has 2 aromatic carbocycles. The molecule has 1 fully saturated rings. The third kappa shape index (κ3) is 3.51. The largest absolute Gasteiger partial charge is 0.369 e. The highest BCUT2D eigenvalue weighted by atomic mass is 35.5. The number of nitrogens with one attached hydrogen (secondary N) is 1. The number of nitrogens with two attached hydrogens (primary N) is 1. The van der Waals surface area contributed by atoms with Gasteiger partial charge in [-0.15, -0.1) is 0 Å². The highest BCUT2D eigenvalue weighted by Gasteiger charge is 2.30. The van der Waals surface area contributed by atoms with Gasteiger partial charge in [-0.25, -0.2) is 4.98 Å². The van der Waals surface area contributed by atoms with Gasteiger partial charge in [0.1, 0.15) is 0 Å². The molecule has 1 atom stereocenters. The van der Waals surface area contributed by atoms with Crippen LogP contribution in [0, 0.1) is 0 Å². The van der Waals surface area contributed by atoms with Crippen molar-refractivity contribution in [1.82, 2.24) is 14.9 Å². The first-order valence-electron chi connectivity index (χ1n) is 9.01. The Kier molecular flexibility index (Phi) is 4.88. The highest BCUT2D eigenvalue weighted by Crippen LogP contribution is 2.37. The summed E-state index contributed by atoms with van der Waals surface area (Å²) in [4.78, 5) is 27.7. The summed E-state index contributed by atoms with van der Waals surface area (Å²) in [5.41, 5.74) is 9.47. The van der Waals surface area contributed by atoms with E-state index in [-0.39, 0.29) is 11.8 Å². The van der Waals surface area contributed by atoms with Crippen LogP contribution in [0.25, 0.3) is 11.1 Å². The zero-order chi connectivity index (χ0) is 19.7. The number of anilines is 1. The molecule has 0 saturated carbocycles. The van der Waals surface area contributed by atoms with Crippen molar-refractivity contribution in [1.29, 1.82) is 0 Å². The van der Waals surface area contributed by atoms with Crippen molar-refractivity contribution >= 4 is 29.4 Å². The molecule has 3 N–H and O–H groups in total. The number of nitrogen functional groups attached to an aromatic ring is 1. The highest BCUT2D eigenvalue weighted by molar-refractivity contribution is 6.34. The Morgan fingerprint density at radius 3 is 2.64 bits per heavy atom. The van der Waals surface area contributed by atoms with E-state index in [0.717, 1.165) is 22.3 Å². The monoisotopic (exact) mass is 394 g/mol. The smallest absolute Gasteiger partial charge is 0.234 e. The topological polar surface area (TPSA) is 90.0 Å². The summed E-state index contributed by atoms with van der Waals surface area (Å²) in [5.74, 6) is -0.455. The molecule has 6 nitrogen and oxygen atoms in total. The zero-order valence-electron chi connectivity index (χ0n) is 15.1. The number of imide groups is 1. The van der Waals surface area contributed by atoms with Crippen LogP contribution >= 0.6 is 11.6 Å². The lowest BCUT2D eigenvalue weighted by Gasteiger charge is -2.23. The van der Waals surface area contributed by atoms with Gasteiger partial charge in [0.15, 0.2) is 5.95 Å². The Bertz CT molecular complexity index is 1040. The molecule has 1 unspecified atom stereocenters. The molecule has 1 aromatic heterocycles. The van der Waals surface area contributed by atoms with Crippen LogP contribution in [-0.4, -0.2) is 21.4 Å². The number of aromatic nitrogens is 2. The van der Waals surface area contributed by atoms with E-state index in [0.29, 0.717) is 30.4 Å². The average Bonchev–Trinajstić information content (AvgIpc) is 3.08. The first-order chi connectivity index (χ1) is 13.5. The van der Waals surface area contributed by atoms with Crippen LogP contribution in [0.5, 0.6) is 0 Å². The van der Waals surface area contributed by atoms with Crippen LogP contribution in [0.2, 0.25) is 5.02 Å². The molecule has 2 amide bonds. The lowest BCUT2D eigenvalue weighted by atomic mass is 9.88. The standard InChI is InChI=1S/C21H19ClN4O2/c22-19-15(2-1-3-16(19)17-8-9-18(27)25-20(17)28)14-6-4-13(5-7-14)12-26-11-10-24-21(26)23/h1-7,10-11,17H,8-9,12H2,(H2,23,24)(H,25,27,28). The minimum atomic E-state index is -0.409. The number of amides is 2. The van der Waals surface area contributed by atoms with E-state index in [4.69, 9.17) is 17.3 Å². The third-order valence-corrected chi connectivity index (χ3v) is 5.43. The molecule has 1 saturated heterocycles. The van der Waals surface area contributed by atoms with Crippen LogP contribution in [0.1, 0.15) is 29.9 Å². The van der Waals surface area contributed by atoms with Gasteiger partial charge in [0.2, 0.25) is 11.8 Å². The van der Waals surface area contributed by atoms with Crippen LogP contribution in [0.15, 0.2) is 54.9 Å². The van der Waals surface area contributed by atoms with Crippen LogP contribution in [0.3, 0.4) is 0 Å². The summed E-state index contributed by atoms with van der Waals surface area (Å²) in [6.07, 6.45) is 4.30. The van der Waals surface area contributed by atoms with Crippen molar-refractivity contribution in [3.8, 4) is 11.1 Å². The number of hydrogen-bond donors (Lipinski definition) is 2. The maximum absolute atomic E-state index is 12.2.